The van der Waals surface area contributed by atoms with Crippen molar-refractivity contribution < 1.29 is 8.79 Å². The largest absolute Gasteiger partial charge is 0.306 e. The molecule has 0 aliphatic carbocycles. The first-order valence-electron chi connectivity index (χ1n) is 10.5. The lowest BCUT2D eigenvalue weighted by molar-refractivity contribution is -0.530. The Hall–Kier alpha value is -2.78. The molecule has 6 rings (SSSR count). The fraction of sp³-hybridized carbons (Fsp3) is 0.0800. The molecule has 3 aromatic heterocycles. The van der Waals surface area contributed by atoms with E-state index in [0.29, 0.717) is 16.3 Å². The monoisotopic (exact) mass is 523 g/mol. The van der Waals surface area contributed by atoms with Gasteiger partial charge in [-0.2, -0.15) is 4.40 Å². The Bertz CT molecular complexity index is 1770. The van der Waals surface area contributed by atoms with E-state index in [-0.39, 0.29) is 5.82 Å². The second-order valence-electron chi connectivity index (χ2n) is 7.85. The summed E-state index contributed by atoms with van der Waals surface area (Å²) < 4.78 is 20.3. The summed E-state index contributed by atoms with van der Waals surface area (Å²) in [6.07, 6.45) is 0. The van der Waals surface area contributed by atoms with E-state index in [4.69, 9.17) is 28.8 Å². The number of imidazole rings is 1. The molecular formula is C25H17ClFN4S3+. The third-order valence-corrected chi connectivity index (χ3v) is 8.47. The van der Waals surface area contributed by atoms with Crippen LogP contribution >= 0.6 is 46.9 Å². The Morgan fingerprint density at radius 3 is 2.74 bits per heavy atom. The quantitative estimate of drug-likeness (QED) is 0.113. The number of H-pyrrole nitrogens is 1. The Kier molecular flexibility index (Phi) is 5.41. The highest BCUT2D eigenvalue weighted by Crippen LogP contribution is 2.33. The maximum atomic E-state index is 14.5. The van der Waals surface area contributed by atoms with Gasteiger partial charge in [0.15, 0.2) is 8.65 Å². The van der Waals surface area contributed by atoms with Crippen LogP contribution < -0.4 is 4.40 Å². The zero-order valence-corrected chi connectivity index (χ0v) is 21.1. The molecule has 0 fully saturated rings. The number of rotatable bonds is 4. The summed E-state index contributed by atoms with van der Waals surface area (Å²) in [5.74, 6) is 0.0283. The Morgan fingerprint density at radius 1 is 1.12 bits per heavy atom. The molecule has 0 spiro atoms. The number of thiazole rings is 1. The van der Waals surface area contributed by atoms with Gasteiger partial charge < -0.3 is 0 Å². The zero-order valence-electron chi connectivity index (χ0n) is 17.9. The molecule has 0 radical (unpaired) electrons. The summed E-state index contributed by atoms with van der Waals surface area (Å²) in [6, 6.07) is 20.9. The lowest BCUT2D eigenvalue weighted by Gasteiger charge is -2.07. The number of aromatic amines is 1. The van der Waals surface area contributed by atoms with Crippen molar-refractivity contribution in [2.45, 2.75) is 17.8 Å². The van der Waals surface area contributed by atoms with Crippen LogP contribution in [0.4, 0.5) is 4.39 Å². The van der Waals surface area contributed by atoms with Gasteiger partial charge in [0.25, 0.3) is 5.65 Å². The molecule has 0 aliphatic rings. The van der Waals surface area contributed by atoms with Gasteiger partial charge in [0.05, 0.1) is 5.69 Å². The zero-order chi connectivity index (χ0) is 23.4. The lowest BCUT2D eigenvalue weighted by atomic mass is 10.2. The molecule has 0 aliphatic heterocycles. The molecule has 6 aromatic rings. The number of para-hydroxylation sites is 3. The molecular weight excluding hydrogens is 507 g/mol. The highest BCUT2D eigenvalue weighted by atomic mass is 35.5. The fourth-order valence-corrected chi connectivity index (χ4v) is 6.83. The minimum Gasteiger partial charge on any atom is -0.268 e. The molecule has 0 saturated heterocycles. The summed E-state index contributed by atoms with van der Waals surface area (Å²) in [4.78, 5) is 8.63. The Balaban J connectivity index is 1.64. The number of aromatic nitrogens is 4. The highest BCUT2D eigenvalue weighted by molar-refractivity contribution is 7.98. The van der Waals surface area contributed by atoms with Gasteiger partial charge in [0.1, 0.15) is 16.9 Å². The van der Waals surface area contributed by atoms with Crippen molar-refractivity contribution >= 4 is 73.9 Å². The first-order valence-corrected chi connectivity index (χ1v) is 13.1. The summed E-state index contributed by atoms with van der Waals surface area (Å²) in [6.45, 7) is 2.06. The molecule has 1 N–H and O–H groups in total. The normalized spacial score (nSPS) is 11.7. The van der Waals surface area contributed by atoms with E-state index in [9.17, 15) is 4.39 Å². The van der Waals surface area contributed by atoms with E-state index in [1.165, 1.54) is 29.2 Å². The number of aryl methyl sites for hydroxylation is 1. The van der Waals surface area contributed by atoms with Crippen LogP contribution in [0.2, 0.25) is 5.02 Å². The van der Waals surface area contributed by atoms with Crippen LogP contribution in [-0.2, 0) is 5.75 Å². The number of nitrogens with one attached hydrogen (secondary N) is 1. The highest BCUT2D eigenvalue weighted by Gasteiger charge is 2.26. The maximum Gasteiger partial charge on any atom is 0.306 e. The van der Waals surface area contributed by atoms with Crippen LogP contribution in [0.25, 0.3) is 32.7 Å². The average Bonchev–Trinajstić information content (AvgIpc) is 3.37. The van der Waals surface area contributed by atoms with Gasteiger partial charge in [0.2, 0.25) is 5.65 Å². The van der Waals surface area contributed by atoms with Gasteiger partial charge in [-0.05, 0) is 66.8 Å². The predicted octanol–water partition coefficient (Wildman–Crippen LogP) is 7.43. The van der Waals surface area contributed by atoms with Crippen LogP contribution in [0.5, 0.6) is 0 Å². The second kappa shape index (κ2) is 8.46. The summed E-state index contributed by atoms with van der Waals surface area (Å²) in [5.41, 5.74) is 6.25. The van der Waals surface area contributed by atoms with Crippen LogP contribution in [0.3, 0.4) is 0 Å². The molecule has 0 amide bonds. The molecule has 9 heteroatoms. The Labute approximate surface area is 212 Å². The number of halogens is 2. The van der Waals surface area contributed by atoms with E-state index < -0.39 is 0 Å². The minimum atomic E-state index is -0.320. The fourth-order valence-electron chi connectivity index (χ4n) is 4.13. The number of thioether (sulfide) groups is 1. The number of fused-ring (bicyclic) bond motifs is 5. The van der Waals surface area contributed by atoms with Gasteiger partial charge in [-0.15, -0.1) is 0 Å². The first kappa shape index (κ1) is 21.7. The number of benzene rings is 3. The standard InChI is InChI=1S/C25H16ClFN4S3/c1-14-7-2-4-11-19(14)31-23-21(34-25(31)32)22-28-18-10-3-5-12-20(18)30(22)24(29-23)33-13-15-16(26)8-6-9-17(15)27/h2-12H,13H2,1H3/p+1. The van der Waals surface area contributed by atoms with Crippen LogP contribution in [-0.4, -0.2) is 14.5 Å². The van der Waals surface area contributed by atoms with E-state index >= 15 is 0 Å². The molecule has 3 aromatic carbocycles. The molecule has 0 atom stereocenters. The van der Waals surface area contributed by atoms with Crippen molar-refractivity contribution in [2.24, 2.45) is 0 Å². The molecule has 34 heavy (non-hydrogen) atoms. The van der Waals surface area contributed by atoms with E-state index in [1.54, 1.807) is 12.1 Å². The van der Waals surface area contributed by atoms with Gasteiger partial charge in [-0.1, -0.05) is 64.3 Å². The average molecular weight is 524 g/mol. The third kappa shape index (κ3) is 3.44. The van der Waals surface area contributed by atoms with E-state index in [0.717, 1.165) is 47.4 Å². The number of hydrogen-bond acceptors (Lipinski definition) is 4. The van der Waals surface area contributed by atoms with Gasteiger partial charge in [-0.25, -0.2) is 4.39 Å². The van der Waals surface area contributed by atoms with E-state index in [1.807, 2.05) is 47.0 Å². The summed E-state index contributed by atoms with van der Waals surface area (Å²) in [7, 11) is 0. The summed E-state index contributed by atoms with van der Waals surface area (Å²) in [5, 5.41) is 1.14. The molecule has 0 bridgehead atoms. The molecule has 0 saturated carbocycles. The van der Waals surface area contributed by atoms with Gasteiger partial charge in [0, 0.05) is 16.3 Å². The minimum absolute atomic E-state index is 0.320. The van der Waals surface area contributed by atoms with E-state index in [2.05, 4.69) is 22.4 Å². The molecule has 3 heterocycles. The van der Waals surface area contributed by atoms with Gasteiger partial charge >= 0.3 is 5.16 Å². The number of hydrogen-bond donors (Lipinski definition) is 1. The first-order chi connectivity index (χ1) is 16.5. The lowest BCUT2D eigenvalue weighted by Crippen LogP contribution is -2.25. The van der Waals surface area contributed by atoms with Crippen molar-refractivity contribution in [2.75, 3.05) is 0 Å². The summed E-state index contributed by atoms with van der Waals surface area (Å²) >= 11 is 15.1. The van der Waals surface area contributed by atoms with Crippen molar-refractivity contribution in [1.29, 1.82) is 0 Å². The second-order valence-corrected chi connectivity index (χ2v) is 10.8. The van der Waals surface area contributed by atoms with Crippen molar-refractivity contribution in [1.82, 2.24) is 14.5 Å². The number of nitrogens with zero attached hydrogens (tertiary/aromatic N) is 3. The van der Waals surface area contributed by atoms with Crippen molar-refractivity contribution in [3.05, 3.63) is 92.7 Å². The Morgan fingerprint density at radius 2 is 1.91 bits per heavy atom. The topological polar surface area (TPSA) is 37.7 Å². The predicted molar refractivity (Wildman–Crippen MR) is 141 cm³/mol. The van der Waals surface area contributed by atoms with Gasteiger partial charge in [-0.3, -0.25) is 9.55 Å². The molecule has 168 valence electrons. The van der Waals surface area contributed by atoms with Crippen molar-refractivity contribution in [3.8, 4) is 5.69 Å². The SMILES string of the molecule is Cc1ccccc1-n1c(=S)sc2c1nc(SCc1c(F)cccc1Cl)[n+]1c3ccccc3[nH]c21. The van der Waals surface area contributed by atoms with Crippen LogP contribution in [0, 0.1) is 16.7 Å². The third-order valence-electron chi connectivity index (χ3n) is 5.78. The van der Waals surface area contributed by atoms with Crippen molar-refractivity contribution in [3.63, 3.8) is 0 Å². The smallest absolute Gasteiger partial charge is 0.268 e. The van der Waals surface area contributed by atoms with Crippen LogP contribution in [0.15, 0.2) is 71.9 Å². The molecule has 0 unspecified atom stereocenters. The molecule has 4 nitrogen and oxygen atoms in total. The van der Waals surface area contributed by atoms with Crippen LogP contribution in [0.1, 0.15) is 11.1 Å². The maximum absolute atomic E-state index is 14.5.